The van der Waals surface area contributed by atoms with E-state index in [1.807, 2.05) is 0 Å². The molecule has 174 valence electrons. The van der Waals surface area contributed by atoms with Crippen molar-refractivity contribution in [2.24, 2.45) is 0 Å². The van der Waals surface area contributed by atoms with Crippen molar-refractivity contribution in [2.45, 2.75) is 5.75 Å². The van der Waals surface area contributed by atoms with E-state index in [-0.39, 0.29) is 22.0 Å². The molecule has 1 heterocycles. The number of benzene rings is 3. The highest BCUT2D eigenvalue weighted by Gasteiger charge is 2.26. The lowest BCUT2D eigenvalue weighted by Gasteiger charge is -2.12. The van der Waals surface area contributed by atoms with Gasteiger partial charge in [0.15, 0.2) is 0 Å². The number of H-pyrrole nitrogens is 1. The van der Waals surface area contributed by atoms with E-state index in [4.69, 9.17) is 23.2 Å². The number of halogens is 2. The Balaban J connectivity index is 1.75. The van der Waals surface area contributed by atoms with Crippen molar-refractivity contribution in [1.29, 1.82) is 0 Å². The number of ketones is 1. The third kappa shape index (κ3) is 4.94. The highest BCUT2D eigenvalue weighted by molar-refractivity contribution is 7.91. The van der Waals surface area contributed by atoms with Gasteiger partial charge in [-0.15, -0.1) is 0 Å². The van der Waals surface area contributed by atoms with Gasteiger partial charge < -0.3 is 9.72 Å². The number of aromatic nitrogens is 1. The number of carbonyl (C=O) groups is 2. The van der Waals surface area contributed by atoms with E-state index in [2.05, 4.69) is 14.4 Å². The maximum atomic E-state index is 12.8. The van der Waals surface area contributed by atoms with Crippen molar-refractivity contribution >= 4 is 61.6 Å². The van der Waals surface area contributed by atoms with Crippen LogP contribution >= 0.6 is 23.2 Å². The van der Waals surface area contributed by atoms with Gasteiger partial charge in [0.2, 0.25) is 10.0 Å². The molecule has 0 aliphatic heterocycles. The van der Waals surface area contributed by atoms with E-state index in [1.165, 1.54) is 12.1 Å². The van der Waals surface area contributed by atoms with E-state index >= 15 is 0 Å². The first-order valence-corrected chi connectivity index (χ1v) is 12.4. The summed E-state index contributed by atoms with van der Waals surface area (Å²) in [5.74, 6) is -2.15. The number of hydrogen-bond acceptors (Lipinski definition) is 5. The molecule has 0 saturated heterocycles. The van der Waals surface area contributed by atoms with Crippen molar-refractivity contribution in [2.75, 3.05) is 11.8 Å². The summed E-state index contributed by atoms with van der Waals surface area (Å²) in [7, 11) is -2.71. The van der Waals surface area contributed by atoms with Gasteiger partial charge in [-0.3, -0.25) is 9.52 Å². The van der Waals surface area contributed by atoms with Crippen molar-refractivity contribution in [3.63, 3.8) is 0 Å². The number of methoxy groups -OCH3 is 1. The Bertz CT molecular complexity index is 1530. The van der Waals surface area contributed by atoms with Crippen LogP contribution in [-0.2, 0) is 25.3 Å². The largest absolute Gasteiger partial charge is 0.463 e. The average molecular weight is 517 g/mol. The zero-order valence-electron chi connectivity index (χ0n) is 17.8. The second kappa shape index (κ2) is 9.50. The number of fused-ring (bicyclic) bond motifs is 1. The van der Waals surface area contributed by atoms with E-state index < -0.39 is 21.8 Å². The van der Waals surface area contributed by atoms with Crippen molar-refractivity contribution in [3.8, 4) is 11.3 Å². The first-order chi connectivity index (χ1) is 16.2. The number of carbonyl (C=O) groups excluding carboxylic acids is 2. The summed E-state index contributed by atoms with van der Waals surface area (Å²) in [4.78, 5) is 28.0. The fourth-order valence-electron chi connectivity index (χ4n) is 3.60. The van der Waals surface area contributed by atoms with Crippen molar-refractivity contribution < 1.29 is 22.7 Å². The van der Waals surface area contributed by atoms with Gasteiger partial charge in [0.05, 0.1) is 34.8 Å². The average Bonchev–Trinajstić information content (AvgIpc) is 3.18. The normalized spacial score (nSPS) is 11.4. The molecule has 0 atom stereocenters. The molecule has 0 unspecified atom stereocenters. The van der Waals surface area contributed by atoms with Crippen LogP contribution in [0.15, 0.2) is 66.7 Å². The monoisotopic (exact) mass is 516 g/mol. The Morgan fingerprint density at radius 2 is 1.76 bits per heavy atom. The molecule has 7 nitrogen and oxygen atoms in total. The first-order valence-electron chi connectivity index (χ1n) is 9.97. The molecule has 34 heavy (non-hydrogen) atoms. The van der Waals surface area contributed by atoms with Gasteiger partial charge in [-0.1, -0.05) is 59.6 Å². The summed E-state index contributed by atoms with van der Waals surface area (Å²) < 4.78 is 32.7. The highest BCUT2D eigenvalue weighted by Crippen LogP contribution is 2.35. The molecule has 0 saturated carbocycles. The lowest BCUT2D eigenvalue weighted by Crippen LogP contribution is -2.16. The molecule has 0 fully saturated rings. The van der Waals surface area contributed by atoms with E-state index in [1.54, 1.807) is 54.6 Å². The third-order valence-electron chi connectivity index (χ3n) is 5.07. The zero-order valence-corrected chi connectivity index (χ0v) is 20.1. The van der Waals surface area contributed by atoms with E-state index in [9.17, 15) is 18.0 Å². The fraction of sp³-hybridized carbons (Fsp3) is 0.0833. The van der Waals surface area contributed by atoms with Gasteiger partial charge in [0.25, 0.3) is 5.78 Å². The SMILES string of the molecule is COC(=O)C(=O)c1c(-c2ccc(Cl)c(NS(=O)(=O)Cc3cccc(Cl)c3)c2)[nH]c2ccccc12. The maximum absolute atomic E-state index is 12.8. The summed E-state index contributed by atoms with van der Waals surface area (Å²) in [6, 6.07) is 18.1. The number of esters is 1. The molecule has 1 aromatic heterocycles. The van der Waals surface area contributed by atoms with Gasteiger partial charge in [0.1, 0.15) is 0 Å². The maximum Gasteiger partial charge on any atom is 0.379 e. The molecule has 0 amide bonds. The minimum absolute atomic E-state index is 0.122. The number of rotatable bonds is 7. The van der Waals surface area contributed by atoms with E-state index in [0.717, 1.165) is 7.11 Å². The second-order valence-corrected chi connectivity index (χ2v) is 9.99. The number of ether oxygens (including phenoxy) is 1. The molecule has 10 heteroatoms. The summed E-state index contributed by atoms with van der Waals surface area (Å²) in [5, 5.41) is 1.12. The minimum Gasteiger partial charge on any atom is -0.463 e. The fourth-order valence-corrected chi connectivity index (χ4v) is 5.23. The predicted molar refractivity (Wildman–Crippen MR) is 133 cm³/mol. The second-order valence-electron chi connectivity index (χ2n) is 7.43. The molecule has 0 aliphatic rings. The highest BCUT2D eigenvalue weighted by atomic mass is 35.5. The molecule has 0 spiro atoms. The molecule has 0 radical (unpaired) electrons. The molecular weight excluding hydrogens is 499 g/mol. The van der Waals surface area contributed by atoms with Crippen LogP contribution in [0.4, 0.5) is 5.69 Å². The molecule has 0 aliphatic carbocycles. The molecule has 4 rings (SSSR count). The van der Waals surface area contributed by atoms with Crippen molar-refractivity contribution in [1.82, 2.24) is 4.98 Å². The standard InChI is InChI=1S/C24H18Cl2N2O5S/c1-33-24(30)23(29)21-17-7-2-3-8-19(17)27-22(21)15-9-10-18(26)20(12-15)28-34(31,32)13-14-5-4-6-16(25)11-14/h2-12,27-28H,13H2,1H3. The number of anilines is 1. The van der Waals surface area contributed by atoms with Crippen LogP contribution in [0.1, 0.15) is 15.9 Å². The lowest BCUT2D eigenvalue weighted by atomic mass is 10.0. The van der Waals surface area contributed by atoms with Gasteiger partial charge in [-0.05, 0) is 35.9 Å². The Morgan fingerprint density at radius 3 is 2.50 bits per heavy atom. The van der Waals surface area contributed by atoms with Crippen LogP contribution in [0.25, 0.3) is 22.2 Å². The van der Waals surface area contributed by atoms with Gasteiger partial charge >= 0.3 is 5.97 Å². The molecule has 3 aromatic carbocycles. The quantitative estimate of drug-likeness (QED) is 0.193. The van der Waals surface area contributed by atoms with Gasteiger partial charge in [-0.25, -0.2) is 13.2 Å². The summed E-state index contributed by atoms with van der Waals surface area (Å²) in [5.41, 5.74) is 2.17. The number of para-hydroxylation sites is 1. The molecule has 4 aromatic rings. The summed E-state index contributed by atoms with van der Waals surface area (Å²) in [6.45, 7) is 0. The Hall–Kier alpha value is -3.33. The zero-order chi connectivity index (χ0) is 24.5. The molecule has 2 N–H and O–H groups in total. The number of hydrogen-bond donors (Lipinski definition) is 2. The minimum atomic E-state index is -3.84. The Kier molecular flexibility index (Phi) is 6.65. The van der Waals surface area contributed by atoms with Crippen LogP contribution in [0, 0.1) is 0 Å². The van der Waals surface area contributed by atoms with Crippen LogP contribution in [-0.4, -0.2) is 32.3 Å². The lowest BCUT2D eigenvalue weighted by molar-refractivity contribution is -0.135. The van der Waals surface area contributed by atoms with Crippen LogP contribution in [0.3, 0.4) is 0 Å². The van der Waals surface area contributed by atoms with E-state index in [0.29, 0.717) is 32.7 Å². The number of sulfonamides is 1. The summed E-state index contributed by atoms with van der Waals surface area (Å²) >= 11 is 12.2. The van der Waals surface area contributed by atoms with Crippen LogP contribution < -0.4 is 4.72 Å². The molecule has 0 bridgehead atoms. The van der Waals surface area contributed by atoms with Gasteiger partial charge in [0, 0.05) is 21.5 Å². The Morgan fingerprint density at radius 1 is 1.00 bits per heavy atom. The number of aromatic amines is 1. The number of Topliss-reactive ketones (excluding diaryl/α,β-unsaturated/α-hetero) is 1. The smallest absolute Gasteiger partial charge is 0.379 e. The van der Waals surface area contributed by atoms with Crippen LogP contribution in [0.2, 0.25) is 10.0 Å². The summed E-state index contributed by atoms with van der Waals surface area (Å²) in [6.07, 6.45) is 0. The molecular formula is C24H18Cl2N2O5S. The number of nitrogens with one attached hydrogen (secondary N) is 2. The third-order valence-corrected chi connectivity index (χ3v) is 6.88. The van der Waals surface area contributed by atoms with Gasteiger partial charge in [-0.2, -0.15) is 0 Å². The Labute approximate surface area is 205 Å². The van der Waals surface area contributed by atoms with Crippen LogP contribution in [0.5, 0.6) is 0 Å². The first kappa shape index (κ1) is 23.8. The predicted octanol–water partition coefficient (Wildman–Crippen LogP) is 5.44. The topological polar surface area (TPSA) is 105 Å². The van der Waals surface area contributed by atoms with Crippen molar-refractivity contribution in [3.05, 3.63) is 87.9 Å².